The van der Waals surface area contributed by atoms with Gasteiger partial charge in [-0.3, -0.25) is 9.59 Å². The van der Waals surface area contributed by atoms with Gasteiger partial charge in [-0.2, -0.15) is 0 Å². The predicted octanol–water partition coefficient (Wildman–Crippen LogP) is 2.62. The topological polar surface area (TPSA) is 70.2 Å². The lowest BCUT2D eigenvalue weighted by Crippen LogP contribution is -2.34. The molecule has 0 unspecified atom stereocenters. The molecule has 1 aliphatic rings. The van der Waals surface area contributed by atoms with Gasteiger partial charge in [-0.05, 0) is 30.9 Å². The van der Waals surface area contributed by atoms with Gasteiger partial charge in [-0.1, -0.05) is 25.5 Å². The van der Waals surface area contributed by atoms with E-state index in [1.807, 2.05) is 0 Å². The molecule has 1 fully saturated rings. The Morgan fingerprint density at radius 2 is 1.85 bits per heavy atom. The summed E-state index contributed by atoms with van der Waals surface area (Å²) in [6.07, 6.45) is 5.83. The molecule has 2 amide bonds. The fourth-order valence-electron chi connectivity index (χ4n) is 2.92. The van der Waals surface area contributed by atoms with Crippen molar-refractivity contribution in [3.63, 3.8) is 0 Å². The lowest BCUT2D eigenvalue weighted by atomic mass is 10.1. The summed E-state index contributed by atoms with van der Waals surface area (Å²) >= 11 is 0. The second-order valence-corrected chi connectivity index (χ2v) is 6.24. The molecule has 5 nitrogen and oxygen atoms in total. The Morgan fingerprint density at radius 3 is 2.42 bits per heavy atom. The number of rotatable bonds is 7. The third-order valence-electron chi connectivity index (χ3n) is 4.35. The Balaban J connectivity index is 2.05. The third-order valence-corrected chi connectivity index (χ3v) is 4.35. The van der Waals surface area contributed by atoms with Crippen molar-refractivity contribution in [2.24, 2.45) is 5.92 Å². The molecule has 26 heavy (non-hydrogen) atoms. The number of hydrogen-bond acceptors (Lipinski definition) is 3. The van der Waals surface area contributed by atoms with Crippen LogP contribution in [0.3, 0.4) is 0 Å². The van der Waals surface area contributed by atoms with Crippen LogP contribution in [0.4, 0.5) is 8.78 Å². The summed E-state index contributed by atoms with van der Waals surface area (Å²) in [7, 11) is 1.57. The number of amides is 2. The minimum absolute atomic E-state index is 0.00226. The van der Waals surface area contributed by atoms with E-state index in [-0.39, 0.29) is 11.3 Å². The number of nitrogens with one attached hydrogen (secondary N) is 3. The maximum absolute atomic E-state index is 13.8. The fraction of sp³-hybridized carbons (Fsp3) is 0.368. The van der Waals surface area contributed by atoms with E-state index in [1.165, 1.54) is 12.3 Å². The first-order chi connectivity index (χ1) is 12.4. The molecule has 1 aliphatic carbocycles. The Bertz CT molecular complexity index is 705. The maximum Gasteiger partial charge on any atom is 0.261 e. The van der Waals surface area contributed by atoms with Crippen molar-refractivity contribution in [2.45, 2.75) is 25.7 Å². The van der Waals surface area contributed by atoms with Crippen LogP contribution in [0.15, 0.2) is 42.2 Å². The second-order valence-electron chi connectivity index (χ2n) is 6.24. The Hall–Kier alpha value is -2.70. The highest BCUT2D eigenvalue weighted by molar-refractivity contribution is 6.01. The molecule has 0 saturated heterocycles. The Morgan fingerprint density at radius 1 is 1.23 bits per heavy atom. The van der Waals surface area contributed by atoms with Crippen LogP contribution >= 0.6 is 0 Å². The van der Waals surface area contributed by atoms with Gasteiger partial charge < -0.3 is 16.0 Å². The van der Waals surface area contributed by atoms with Crippen molar-refractivity contribution in [3.05, 3.63) is 59.4 Å². The summed E-state index contributed by atoms with van der Waals surface area (Å²) in [5, 5.41) is 7.82. The van der Waals surface area contributed by atoms with Crippen molar-refractivity contribution in [2.75, 3.05) is 13.6 Å². The monoisotopic (exact) mass is 363 g/mol. The molecule has 7 heteroatoms. The second kappa shape index (κ2) is 9.12. The van der Waals surface area contributed by atoms with Crippen LogP contribution in [0.25, 0.3) is 0 Å². The van der Waals surface area contributed by atoms with E-state index in [0.717, 1.165) is 37.8 Å². The number of halogens is 2. The zero-order valence-electron chi connectivity index (χ0n) is 14.7. The Kier molecular flexibility index (Phi) is 6.89. The van der Waals surface area contributed by atoms with Gasteiger partial charge in [-0.15, -0.1) is 0 Å². The summed E-state index contributed by atoms with van der Waals surface area (Å²) in [6.45, 7) is 4.23. The summed E-state index contributed by atoms with van der Waals surface area (Å²) in [5.41, 5.74) is -0.666. The van der Waals surface area contributed by atoms with Crippen molar-refractivity contribution in [3.8, 4) is 0 Å². The van der Waals surface area contributed by atoms with Gasteiger partial charge in [-0.25, -0.2) is 8.78 Å². The van der Waals surface area contributed by atoms with Crippen LogP contribution in [0.1, 0.15) is 36.0 Å². The molecule has 2 rings (SSSR count). The van der Waals surface area contributed by atoms with Gasteiger partial charge in [0.25, 0.3) is 11.8 Å². The summed E-state index contributed by atoms with van der Waals surface area (Å²) in [6, 6.07) is 3.15. The molecule has 1 saturated carbocycles. The molecular formula is C19H23F2N3O2. The first-order valence-corrected chi connectivity index (χ1v) is 8.54. The molecule has 0 bridgehead atoms. The van der Waals surface area contributed by atoms with Gasteiger partial charge in [0, 0.05) is 19.8 Å². The van der Waals surface area contributed by atoms with E-state index < -0.39 is 29.0 Å². The van der Waals surface area contributed by atoms with Crippen LogP contribution in [0.2, 0.25) is 0 Å². The predicted molar refractivity (Wildman–Crippen MR) is 95.1 cm³/mol. The number of carbonyl (C=O) groups excluding carboxylic acids is 2. The first kappa shape index (κ1) is 19.6. The quantitative estimate of drug-likeness (QED) is 0.515. The molecule has 0 radical (unpaired) electrons. The molecular weight excluding hydrogens is 340 g/mol. The van der Waals surface area contributed by atoms with Crippen LogP contribution in [0, 0.1) is 17.6 Å². The molecule has 0 atom stereocenters. The fourth-order valence-corrected chi connectivity index (χ4v) is 2.92. The van der Waals surface area contributed by atoms with Gasteiger partial charge in [0.15, 0.2) is 0 Å². The van der Waals surface area contributed by atoms with Crippen molar-refractivity contribution in [1.29, 1.82) is 0 Å². The number of benzene rings is 1. The van der Waals surface area contributed by atoms with E-state index in [1.54, 1.807) is 7.05 Å². The minimum atomic E-state index is -0.994. The third kappa shape index (κ3) is 4.91. The van der Waals surface area contributed by atoms with Crippen LogP contribution in [0.5, 0.6) is 0 Å². The van der Waals surface area contributed by atoms with Crippen LogP contribution in [-0.2, 0) is 4.79 Å². The highest BCUT2D eigenvalue weighted by Crippen LogP contribution is 2.23. The molecule has 0 aromatic heterocycles. The van der Waals surface area contributed by atoms with E-state index >= 15 is 0 Å². The minimum Gasteiger partial charge on any atom is -0.392 e. The molecule has 0 aliphatic heterocycles. The molecule has 3 N–H and O–H groups in total. The summed E-state index contributed by atoms with van der Waals surface area (Å²) < 4.78 is 27.5. The summed E-state index contributed by atoms with van der Waals surface area (Å²) in [4.78, 5) is 24.5. The van der Waals surface area contributed by atoms with Gasteiger partial charge >= 0.3 is 0 Å². The lowest BCUT2D eigenvalue weighted by molar-refractivity contribution is -0.117. The number of carbonyl (C=O) groups is 2. The zero-order valence-corrected chi connectivity index (χ0v) is 14.7. The van der Waals surface area contributed by atoms with Crippen LogP contribution in [-0.4, -0.2) is 25.4 Å². The van der Waals surface area contributed by atoms with E-state index in [0.29, 0.717) is 12.5 Å². The van der Waals surface area contributed by atoms with Gasteiger partial charge in [0.2, 0.25) is 0 Å². The molecule has 140 valence electrons. The first-order valence-electron chi connectivity index (χ1n) is 8.54. The van der Waals surface area contributed by atoms with E-state index in [4.69, 9.17) is 0 Å². The average Bonchev–Trinajstić information content (AvgIpc) is 3.12. The molecule has 1 aromatic carbocycles. The summed E-state index contributed by atoms with van der Waals surface area (Å²) in [5.74, 6) is -2.95. The molecule has 1 aromatic rings. The normalized spacial score (nSPS) is 14.8. The molecule has 0 heterocycles. The SMILES string of the molecule is C=C(C(=O)NCC1CCCC1)/C(=C\NC)NC(=O)c1c(F)cccc1F. The highest BCUT2D eigenvalue weighted by atomic mass is 19.1. The van der Waals surface area contributed by atoms with E-state index in [2.05, 4.69) is 22.5 Å². The molecule has 0 spiro atoms. The van der Waals surface area contributed by atoms with Crippen molar-refractivity contribution < 1.29 is 18.4 Å². The zero-order chi connectivity index (χ0) is 19.1. The van der Waals surface area contributed by atoms with E-state index in [9.17, 15) is 18.4 Å². The van der Waals surface area contributed by atoms with Crippen LogP contribution < -0.4 is 16.0 Å². The largest absolute Gasteiger partial charge is 0.392 e. The standard InChI is InChI=1S/C19H23F2N3O2/c1-12(18(25)23-10-13-6-3-4-7-13)16(11-22-2)24-19(26)17-14(20)8-5-9-15(17)21/h5,8-9,11,13,22H,1,3-4,6-7,10H2,2H3,(H,23,25)(H,24,26)/b16-11+. The Labute approximate surface area is 151 Å². The average molecular weight is 363 g/mol. The van der Waals surface area contributed by atoms with Gasteiger partial charge in [0.05, 0.1) is 11.3 Å². The lowest BCUT2D eigenvalue weighted by Gasteiger charge is -2.15. The smallest absolute Gasteiger partial charge is 0.261 e. The van der Waals surface area contributed by atoms with Gasteiger partial charge in [0.1, 0.15) is 17.2 Å². The number of hydrogen-bond donors (Lipinski definition) is 3. The highest BCUT2D eigenvalue weighted by Gasteiger charge is 2.22. The van der Waals surface area contributed by atoms with Crippen molar-refractivity contribution in [1.82, 2.24) is 16.0 Å². The maximum atomic E-state index is 13.8. The van der Waals surface area contributed by atoms with Crippen molar-refractivity contribution >= 4 is 11.8 Å².